The van der Waals surface area contributed by atoms with Crippen LogP contribution in [-0.4, -0.2) is 45.5 Å². The van der Waals surface area contributed by atoms with Crippen molar-refractivity contribution in [2.45, 2.75) is 38.7 Å². The van der Waals surface area contributed by atoms with E-state index in [4.69, 9.17) is 15.0 Å². The van der Waals surface area contributed by atoms with E-state index in [9.17, 15) is 19.4 Å². The van der Waals surface area contributed by atoms with E-state index >= 15 is 0 Å². The molecule has 3 unspecified atom stereocenters. The van der Waals surface area contributed by atoms with Gasteiger partial charge in [0.1, 0.15) is 18.1 Å². The molecule has 0 fully saturated rings. The standard InChI is InChI=1S/C12H22N3O7P/c1-4-9(10(7-16)22-23(18,19)20-3)21-8(2)15-6-5-11(13)14-12(15)17/h5-6,8-10,16H,4,7H2,1-3H3,(H,18,19)(H2,13,14,17)/t8?,9-,10?/m0/s1. The molecule has 1 aromatic rings. The summed E-state index contributed by atoms with van der Waals surface area (Å²) < 4.78 is 27.5. The minimum absolute atomic E-state index is 0.0865. The van der Waals surface area contributed by atoms with Crippen LogP contribution in [0.25, 0.3) is 0 Å². The van der Waals surface area contributed by atoms with Gasteiger partial charge in [0, 0.05) is 13.3 Å². The first-order valence-corrected chi connectivity index (χ1v) is 8.41. The highest BCUT2D eigenvalue weighted by Gasteiger charge is 2.31. The molecule has 4 atom stereocenters. The van der Waals surface area contributed by atoms with E-state index in [1.165, 1.54) is 16.8 Å². The lowest BCUT2D eigenvalue weighted by molar-refractivity contribution is -0.109. The van der Waals surface area contributed by atoms with E-state index in [0.717, 1.165) is 7.11 Å². The van der Waals surface area contributed by atoms with Gasteiger partial charge in [-0.05, 0) is 19.4 Å². The Labute approximate surface area is 133 Å². The molecule has 10 nitrogen and oxygen atoms in total. The number of ether oxygens (including phenoxy) is 1. The van der Waals surface area contributed by atoms with Crippen molar-refractivity contribution in [1.82, 2.24) is 9.55 Å². The molecule has 4 N–H and O–H groups in total. The molecule has 23 heavy (non-hydrogen) atoms. The zero-order valence-corrected chi connectivity index (χ0v) is 14.1. The van der Waals surface area contributed by atoms with E-state index in [1.807, 2.05) is 0 Å². The number of anilines is 1. The summed E-state index contributed by atoms with van der Waals surface area (Å²) in [5.74, 6) is 0.0865. The third-order valence-electron chi connectivity index (χ3n) is 3.11. The van der Waals surface area contributed by atoms with Crippen molar-refractivity contribution >= 4 is 13.6 Å². The topological polar surface area (TPSA) is 146 Å². The molecule has 0 amide bonds. The van der Waals surface area contributed by atoms with Gasteiger partial charge in [0.15, 0.2) is 0 Å². The number of aliphatic hydroxyl groups is 1. The Balaban J connectivity index is 2.88. The SMILES string of the molecule is CC[C@H](OC(C)n1ccc(N)nc1=O)C(CO)OP(=O)(O)OC. The zero-order chi connectivity index (χ0) is 17.6. The number of hydrogen-bond donors (Lipinski definition) is 3. The van der Waals surface area contributed by atoms with Crippen molar-refractivity contribution in [2.75, 3.05) is 19.5 Å². The van der Waals surface area contributed by atoms with Gasteiger partial charge in [-0.15, -0.1) is 0 Å². The van der Waals surface area contributed by atoms with Crippen molar-refractivity contribution in [2.24, 2.45) is 0 Å². The molecular formula is C12H22N3O7P. The number of rotatable bonds is 9. The molecule has 1 heterocycles. The highest BCUT2D eigenvalue weighted by molar-refractivity contribution is 7.47. The van der Waals surface area contributed by atoms with E-state index in [0.29, 0.717) is 6.42 Å². The number of nitrogens with two attached hydrogens (primary N) is 1. The summed E-state index contributed by atoms with van der Waals surface area (Å²) in [5, 5.41) is 9.37. The van der Waals surface area contributed by atoms with Crippen molar-refractivity contribution in [1.29, 1.82) is 0 Å². The number of nitrogen functional groups attached to an aromatic ring is 1. The Morgan fingerprint density at radius 1 is 1.48 bits per heavy atom. The highest BCUT2D eigenvalue weighted by Crippen LogP contribution is 2.44. The fourth-order valence-electron chi connectivity index (χ4n) is 1.90. The maximum absolute atomic E-state index is 11.8. The Hall–Kier alpha value is -1.29. The highest BCUT2D eigenvalue weighted by atomic mass is 31.2. The van der Waals surface area contributed by atoms with Gasteiger partial charge < -0.3 is 20.5 Å². The van der Waals surface area contributed by atoms with Gasteiger partial charge >= 0.3 is 13.5 Å². The Bertz CT molecular complexity index is 609. The van der Waals surface area contributed by atoms with Crippen LogP contribution in [0, 0.1) is 0 Å². The van der Waals surface area contributed by atoms with Crippen molar-refractivity contribution in [3.8, 4) is 0 Å². The molecule has 0 aliphatic carbocycles. The number of hydrogen-bond acceptors (Lipinski definition) is 8. The van der Waals surface area contributed by atoms with Crippen molar-refractivity contribution in [3.63, 3.8) is 0 Å². The van der Waals surface area contributed by atoms with Crippen LogP contribution in [0.5, 0.6) is 0 Å². The average molecular weight is 351 g/mol. The van der Waals surface area contributed by atoms with Crippen LogP contribution in [-0.2, 0) is 18.3 Å². The van der Waals surface area contributed by atoms with E-state index < -0.39 is 38.6 Å². The fourth-order valence-corrected chi connectivity index (χ4v) is 2.53. The number of phosphoric ester groups is 1. The number of nitrogens with zero attached hydrogens (tertiary/aromatic N) is 2. The van der Waals surface area contributed by atoms with Crippen LogP contribution in [0.15, 0.2) is 17.1 Å². The number of aromatic nitrogens is 2. The normalized spacial score (nSPS) is 18.1. The Morgan fingerprint density at radius 3 is 2.61 bits per heavy atom. The third-order valence-corrected chi connectivity index (χ3v) is 4.11. The summed E-state index contributed by atoms with van der Waals surface area (Å²) in [6, 6.07) is 1.44. The molecule has 0 aliphatic rings. The van der Waals surface area contributed by atoms with Gasteiger partial charge in [0.05, 0.1) is 12.7 Å². The molecule has 0 aromatic carbocycles. The molecule has 0 spiro atoms. The van der Waals surface area contributed by atoms with Gasteiger partial charge in [-0.1, -0.05) is 6.92 Å². The van der Waals surface area contributed by atoms with E-state index in [1.54, 1.807) is 13.8 Å². The second-order valence-corrected chi connectivity index (χ2v) is 6.21. The van der Waals surface area contributed by atoms with Gasteiger partial charge in [0.25, 0.3) is 0 Å². The summed E-state index contributed by atoms with van der Waals surface area (Å²) >= 11 is 0. The lowest BCUT2D eigenvalue weighted by Gasteiger charge is -2.29. The van der Waals surface area contributed by atoms with E-state index in [-0.39, 0.29) is 5.82 Å². The van der Waals surface area contributed by atoms with Crippen LogP contribution in [0.3, 0.4) is 0 Å². The third kappa shape index (κ3) is 5.69. The quantitative estimate of drug-likeness (QED) is 0.533. The molecule has 0 bridgehead atoms. The predicted molar refractivity (Wildman–Crippen MR) is 81.6 cm³/mol. The molecule has 0 saturated carbocycles. The molecule has 1 rings (SSSR count). The Kier molecular flexibility index (Phi) is 7.33. The first-order valence-electron chi connectivity index (χ1n) is 6.92. The first kappa shape index (κ1) is 19.8. The van der Waals surface area contributed by atoms with Crippen LogP contribution < -0.4 is 11.4 Å². The molecular weight excluding hydrogens is 329 g/mol. The summed E-state index contributed by atoms with van der Waals surface area (Å²) in [4.78, 5) is 24.7. The number of phosphoric acid groups is 1. The predicted octanol–water partition coefficient (Wildman–Crippen LogP) is 0.263. The number of aliphatic hydroxyl groups excluding tert-OH is 1. The first-order chi connectivity index (χ1) is 10.7. The van der Waals surface area contributed by atoms with Gasteiger partial charge in [-0.3, -0.25) is 13.6 Å². The zero-order valence-electron chi connectivity index (χ0n) is 13.2. The second-order valence-electron chi connectivity index (χ2n) is 4.70. The molecule has 0 radical (unpaired) electrons. The summed E-state index contributed by atoms with van der Waals surface area (Å²) in [5.41, 5.74) is 4.82. The molecule has 132 valence electrons. The maximum atomic E-state index is 11.8. The van der Waals surface area contributed by atoms with Crippen LogP contribution >= 0.6 is 7.82 Å². The smallest absolute Gasteiger partial charge is 0.394 e. The summed E-state index contributed by atoms with van der Waals surface area (Å²) in [6.45, 7) is 2.77. The van der Waals surface area contributed by atoms with Crippen molar-refractivity contribution < 1.29 is 28.3 Å². The molecule has 0 aliphatic heterocycles. The average Bonchev–Trinajstić information content (AvgIpc) is 2.50. The van der Waals surface area contributed by atoms with Gasteiger partial charge in [-0.2, -0.15) is 4.98 Å². The monoisotopic (exact) mass is 351 g/mol. The lowest BCUT2D eigenvalue weighted by atomic mass is 10.1. The van der Waals surface area contributed by atoms with Crippen LogP contribution in [0.4, 0.5) is 5.82 Å². The minimum atomic E-state index is -4.28. The van der Waals surface area contributed by atoms with E-state index in [2.05, 4.69) is 9.51 Å². The molecule has 11 heteroatoms. The second kappa shape index (κ2) is 8.53. The largest absolute Gasteiger partial charge is 0.472 e. The van der Waals surface area contributed by atoms with Gasteiger partial charge in [0.2, 0.25) is 0 Å². The lowest BCUT2D eigenvalue weighted by Crippen LogP contribution is -2.37. The summed E-state index contributed by atoms with van der Waals surface area (Å²) in [6.07, 6.45) is -0.830. The maximum Gasteiger partial charge on any atom is 0.472 e. The summed E-state index contributed by atoms with van der Waals surface area (Å²) in [7, 11) is -3.27. The van der Waals surface area contributed by atoms with Crippen LogP contribution in [0.1, 0.15) is 26.5 Å². The van der Waals surface area contributed by atoms with Crippen molar-refractivity contribution in [3.05, 3.63) is 22.7 Å². The fraction of sp³-hybridized carbons (Fsp3) is 0.667. The molecule has 1 aromatic heterocycles. The minimum Gasteiger partial charge on any atom is -0.394 e. The van der Waals surface area contributed by atoms with Gasteiger partial charge in [-0.25, -0.2) is 9.36 Å². The Morgan fingerprint density at radius 2 is 2.13 bits per heavy atom. The van der Waals surface area contributed by atoms with Crippen LogP contribution in [0.2, 0.25) is 0 Å². The molecule has 0 saturated heterocycles.